The van der Waals surface area contributed by atoms with Gasteiger partial charge < -0.3 is 14.6 Å². The van der Waals surface area contributed by atoms with Gasteiger partial charge in [0.1, 0.15) is 17.8 Å². The first-order valence-corrected chi connectivity index (χ1v) is 12.2. The van der Waals surface area contributed by atoms with Gasteiger partial charge in [-0.25, -0.2) is 14.8 Å². The molecule has 2 fully saturated rings. The summed E-state index contributed by atoms with van der Waals surface area (Å²) < 4.78 is 2.14. The highest BCUT2D eigenvalue weighted by Crippen LogP contribution is 2.37. The summed E-state index contributed by atoms with van der Waals surface area (Å²) in [6.45, 7) is 3.66. The van der Waals surface area contributed by atoms with Crippen LogP contribution in [0.15, 0.2) is 24.5 Å². The number of carboxylic acids is 1. The smallest absolute Gasteiger partial charge is 0.326 e. The Morgan fingerprint density at radius 3 is 2.71 bits per heavy atom. The number of halogens is 1. The van der Waals surface area contributed by atoms with Crippen molar-refractivity contribution >= 4 is 34.6 Å². The van der Waals surface area contributed by atoms with Crippen molar-refractivity contribution < 1.29 is 9.90 Å². The minimum atomic E-state index is -0.835. The standard InChI is InChI=1S/C25H27ClN6O2/c1-15-4-6-16(7-5-15)14-32-23-20(30-25(32)31-8-2-3-21(31)24(33)34)10-19(11-27)29-22(23)17-9-18(26)13-28-12-17/h9-10,12-13,15-16,21H,2-8,14H2,1H3,(H,33,34)/t15?,16?,21-/m0/s1. The molecule has 1 aliphatic carbocycles. The van der Waals surface area contributed by atoms with Crippen LogP contribution in [0.1, 0.15) is 51.1 Å². The molecular formula is C25H27ClN6O2. The molecule has 0 unspecified atom stereocenters. The minimum absolute atomic E-state index is 0.251. The number of anilines is 1. The van der Waals surface area contributed by atoms with Crippen LogP contribution in [-0.4, -0.2) is 43.2 Å². The Morgan fingerprint density at radius 2 is 2.00 bits per heavy atom. The lowest BCUT2D eigenvalue weighted by Gasteiger charge is -2.29. The van der Waals surface area contributed by atoms with E-state index in [0.29, 0.717) is 46.6 Å². The number of carbonyl (C=O) groups is 1. The van der Waals surface area contributed by atoms with Crippen molar-refractivity contribution in [3.8, 4) is 17.3 Å². The van der Waals surface area contributed by atoms with Crippen LogP contribution in [-0.2, 0) is 11.3 Å². The molecule has 3 aromatic rings. The van der Waals surface area contributed by atoms with Gasteiger partial charge in [0.05, 0.1) is 21.7 Å². The summed E-state index contributed by atoms with van der Waals surface area (Å²) in [5, 5.41) is 20.0. The molecule has 34 heavy (non-hydrogen) atoms. The maximum atomic E-state index is 12.0. The van der Waals surface area contributed by atoms with Crippen molar-refractivity contribution in [2.24, 2.45) is 11.8 Å². The quantitative estimate of drug-likeness (QED) is 0.555. The molecular weight excluding hydrogens is 452 g/mol. The normalized spacial score (nSPS) is 22.7. The highest BCUT2D eigenvalue weighted by Gasteiger charge is 2.35. The topological polar surface area (TPSA) is 108 Å². The molecule has 0 amide bonds. The van der Waals surface area contributed by atoms with Gasteiger partial charge in [-0.15, -0.1) is 0 Å². The Hall–Kier alpha value is -3.18. The average Bonchev–Trinajstić information content (AvgIpc) is 3.45. The van der Waals surface area contributed by atoms with E-state index in [4.69, 9.17) is 16.6 Å². The van der Waals surface area contributed by atoms with E-state index >= 15 is 0 Å². The van der Waals surface area contributed by atoms with Crippen molar-refractivity contribution in [1.29, 1.82) is 5.26 Å². The number of fused-ring (bicyclic) bond motifs is 1. The molecule has 3 aromatic heterocycles. The van der Waals surface area contributed by atoms with Crippen molar-refractivity contribution in [2.45, 2.75) is 58.0 Å². The van der Waals surface area contributed by atoms with Crippen LogP contribution >= 0.6 is 11.6 Å². The number of imidazole rings is 1. The van der Waals surface area contributed by atoms with Crippen LogP contribution in [0.25, 0.3) is 22.3 Å². The average molecular weight is 479 g/mol. The Morgan fingerprint density at radius 1 is 1.21 bits per heavy atom. The van der Waals surface area contributed by atoms with Crippen molar-refractivity contribution in [3.05, 3.63) is 35.2 Å². The molecule has 1 saturated carbocycles. The fourth-order valence-electron chi connectivity index (χ4n) is 5.37. The molecule has 0 radical (unpaired) electrons. The van der Waals surface area contributed by atoms with Crippen LogP contribution in [0.3, 0.4) is 0 Å². The first kappa shape index (κ1) is 22.6. The number of nitriles is 1. The summed E-state index contributed by atoms with van der Waals surface area (Å²) >= 11 is 6.24. The van der Waals surface area contributed by atoms with Gasteiger partial charge in [-0.2, -0.15) is 5.26 Å². The molecule has 1 saturated heterocycles. The predicted molar refractivity (Wildman–Crippen MR) is 130 cm³/mol. The van der Waals surface area contributed by atoms with E-state index in [1.807, 2.05) is 4.90 Å². The van der Waals surface area contributed by atoms with E-state index in [1.165, 1.54) is 12.8 Å². The van der Waals surface area contributed by atoms with Crippen LogP contribution < -0.4 is 4.90 Å². The van der Waals surface area contributed by atoms with Gasteiger partial charge in [0.15, 0.2) is 0 Å². The summed E-state index contributed by atoms with van der Waals surface area (Å²) in [6, 6.07) is 4.99. The fraction of sp³-hybridized carbons (Fsp3) is 0.480. The molecule has 4 heterocycles. The number of hydrogen-bond acceptors (Lipinski definition) is 6. The minimum Gasteiger partial charge on any atom is -0.480 e. The van der Waals surface area contributed by atoms with Crippen LogP contribution in [0, 0.1) is 23.2 Å². The van der Waals surface area contributed by atoms with Crippen molar-refractivity contribution in [2.75, 3.05) is 11.4 Å². The third-order valence-corrected chi connectivity index (χ3v) is 7.37. The largest absolute Gasteiger partial charge is 0.480 e. The van der Waals surface area contributed by atoms with Gasteiger partial charge >= 0.3 is 5.97 Å². The van der Waals surface area contributed by atoms with Gasteiger partial charge in [-0.1, -0.05) is 31.4 Å². The lowest BCUT2D eigenvalue weighted by Crippen LogP contribution is -2.38. The summed E-state index contributed by atoms with van der Waals surface area (Å²) in [5.41, 5.74) is 2.99. The number of carboxylic acid groups (broad SMARTS) is 1. The second-order valence-corrected chi connectivity index (χ2v) is 10.0. The van der Waals surface area contributed by atoms with E-state index in [2.05, 4.69) is 27.5 Å². The Bertz CT molecular complexity index is 1270. The summed E-state index contributed by atoms with van der Waals surface area (Å²) in [4.78, 5) is 27.7. The van der Waals surface area contributed by atoms with Gasteiger partial charge in [0.2, 0.25) is 5.95 Å². The van der Waals surface area contributed by atoms with E-state index in [0.717, 1.165) is 37.2 Å². The Kier molecular flexibility index (Phi) is 6.13. The van der Waals surface area contributed by atoms with Crippen LogP contribution in [0.4, 0.5) is 5.95 Å². The molecule has 0 spiro atoms. The van der Waals surface area contributed by atoms with Crippen LogP contribution in [0.2, 0.25) is 5.02 Å². The molecule has 2 aliphatic rings. The highest BCUT2D eigenvalue weighted by molar-refractivity contribution is 6.30. The first-order valence-electron chi connectivity index (χ1n) is 11.9. The van der Waals surface area contributed by atoms with Crippen molar-refractivity contribution in [1.82, 2.24) is 19.5 Å². The Balaban J connectivity index is 1.71. The molecule has 0 bridgehead atoms. The molecule has 1 N–H and O–H groups in total. The third-order valence-electron chi connectivity index (χ3n) is 7.17. The van der Waals surface area contributed by atoms with Gasteiger partial charge in [-0.3, -0.25) is 4.98 Å². The van der Waals surface area contributed by atoms with Gasteiger partial charge in [0.25, 0.3) is 0 Å². The lowest BCUT2D eigenvalue weighted by molar-refractivity contribution is -0.138. The molecule has 9 heteroatoms. The second kappa shape index (κ2) is 9.22. The number of nitrogens with zero attached hydrogens (tertiary/aromatic N) is 6. The van der Waals surface area contributed by atoms with E-state index < -0.39 is 12.0 Å². The van der Waals surface area contributed by atoms with E-state index in [-0.39, 0.29) is 5.69 Å². The molecule has 1 aliphatic heterocycles. The summed E-state index contributed by atoms with van der Waals surface area (Å²) in [7, 11) is 0. The zero-order chi connectivity index (χ0) is 23.8. The van der Waals surface area contributed by atoms with Crippen LogP contribution in [0.5, 0.6) is 0 Å². The second-order valence-electron chi connectivity index (χ2n) is 9.57. The monoisotopic (exact) mass is 478 g/mol. The fourth-order valence-corrected chi connectivity index (χ4v) is 5.54. The maximum absolute atomic E-state index is 12.0. The number of pyridine rings is 2. The third kappa shape index (κ3) is 4.21. The number of aliphatic carboxylic acids is 1. The van der Waals surface area contributed by atoms with Gasteiger partial charge in [0, 0.05) is 37.1 Å². The van der Waals surface area contributed by atoms with Crippen molar-refractivity contribution in [3.63, 3.8) is 0 Å². The number of rotatable bonds is 5. The van der Waals surface area contributed by atoms with E-state index in [1.54, 1.807) is 24.5 Å². The predicted octanol–water partition coefficient (Wildman–Crippen LogP) is 4.90. The highest BCUT2D eigenvalue weighted by atomic mass is 35.5. The zero-order valence-corrected chi connectivity index (χ0v) is 19.9. The molecule has 1 atom stereocenters. The molecule has 0 aromatic carbocycles. The number of hydrogen-bond donors (Lipinski definition) is 1. The SMILES string of the molecule is CC1CCC(Cn2c(N3CCC[C@H]3C(=O)O)nc3cc(C#N)nc(-c4cncc(Cl)c4)c32)CC1. The van der Waals surface area contributed by atoms with Gasteiger partial charge in [-0.05, 0) is 43.6 Å². The lowest BCUT2D eigenvalue weighted by atomic mass is 9.83. The zero-order valence-electron chi connectivity index (χ0n) is 19.1. The number of aromatic nitrogens is 4. The first-order chi connectivity index (χ1) is 16.4. The van der Waals surface area contributed by atoms with E-state index in [9.17, 15) is 15.2 Å². The summed E-state index contributed by atoms with van der Waals surface area (Å²) in [5.74, 6) is 1.02. The summed E-state index contributed by atoms with van der Waals surface area (Å²) in [6.07, 6.45) is 9.26. The molecule has 8 nitrogen and oxygen atoms in total. The molecule has 5 rings (SSSR count). The Labute approximate surface area is 203 Å². The maximum Gasteiger partial charge on any atom is 0.326 e. The molecule has 176 valence electrons.